The van der Waals surface area contributed by atoms with Crippen LogP contribution in [-0.4, -0.2) is 0 Å². The molecule has 0 saturated carbocycles. The van der Waals surface area contributed by atoms with Crippen LogP contribution in [0, 0.1) is 17.4 Å². The number of para-hydroxylation sites is 1. The van der Waals surface area contributed by atoms with Gasteiger partial charge in [-0.2, -0.15) is 5.26 Å². The minimum atomic E-state index is 0.312. The molecule has 0 heterocycles. The van der Waals surface area contributed by atoms with Gasteiger partial charge in [-0.3, -0.25) is 0 Å². The summed E-state index contributed by atoms with van der Waals surface area (Å²) in [5, 5.41) is 9.03. The van der Waals surface area contributed by atoms with Crippen LogP contribution in [0.3, 0.4) is 0 Å². The van der Waals surface area contributed by atoms with Crippen LogP contribution in [0.15, 0.2) is 60.7 Å². The molecule has 77 valence electrons. The number of benzene rings is 2. The fraction of sp³-hybridized carbons (Fsp3) is 0. The first-order valence-corrected chi connectivity index (χ1v) is 4.95. The molecule has 0 fully saturated rings. The van der Waals surface area contributed by atoms with Crippen molar-refractivity contribution >= 4 is 0 Å². The first-order valence-electron chi connectivity index (χ1n) is 4.95. The van der Waals surface area contributed by atoms with E-state index in [1.807, 2.05) is 60.7 Å². The molecule has 0 bridgehead atoms. The highest BCUT2D eigenvalue weighted by molar-refractivity contribution is 5.37. The summed E-state index contributed by atoms with van der Waals surface area (Å²) < 4.78 is 5.51. The number of rotatable bonds is 3. The first kappa shape index (κ1) is 10.3. The maximum Gasteiger partial charge on any atom is 0.276 e. The summed E-state index contributed by atoms with van der Waals surface area (Å²) in [5.74, 6) is 0.669. The zero-order chi connectivity index (χ0) is 11.2. The highest BCUT2D eigenvalue weighted by Crippen LogP contribution is 2.19. The van der Waals surface area contributed by atoms with Gasteiger partial charge in [-0.25, -0.2) is 0 Å². The minimum Gasteiger partial charge on any atom is -0.462 e. The lowest BCUT2D eigenvalue weighted by Crippen LogP contribution is -2.05. The molecule has 1 radical (unpaired) electrons. The third-order valence-electron chi connectivity index (χ3n) is 2.10. The van der Waals surface area contributed by atoms with E-state index in [1.54, 1.807) is 0 Å². The molecule has 0 N–H and O–H groups in total. The highest BCUT2D eigenvalue weighted by Gasteiger charge is 2.13. The zero-order valence-electron chi connectivity index (χ0n) is 8.63. The standard InChI is InChI=1S/C14H10NO/c15-11-14(12-7-3-1-4-8-12)16-13-9-5-2-6-10-13/h1-10H. The van der Waals surface area contributed by atoms with Gasteiger partial charge < -0.3 is 4.74 Å². The summed E-state index contributed by atoms with van der Waals surface area (Å²) in [6.07, 6.45) is 0.312. The van der Waals surface area contributed by atoms with Gasteiger partial charge in [0.25, 0.3) is 6.10 Å². The summed E-state index contributed by atoms with van der Waals surface area (Å²) in [4.78, 5) is 0. The predicted molar refractivity (Wildman–Crippen MR) is 61.5 cm³/mol. The SMILES string of the molecule is N#C[C](Oc1ccccc1)c1ccccc1. The quantitative estimate of drug-likeness (QED) is 0.776. The maximum absolute atomic E-state index is 9.03. The van der Waals surface area contributed by atoms with Crippen LogP contribution >= 0.6 is 0 Å². The lowest BCUT2D eigenvalue weighted by atomic mass is 10.1. The molecule has 0 aliphatic carbocycles. The van der Waals surface area contributed by atoms with E-state index in [2.05, 4.69) is 6.07 Å². The molecule has 0 saturated heterocycles. The maximum atomic E-state index is 9.03. The van der Waals surface area contributed by atoms with Crippen LogP contribution in [0.2, 0.25) is 0 Å². The van der Waals surface area contributed by atoms with E-state index < -0.39 is 0 Å². The molecule has 2 nitrogen and oxygen atoms in total. The topological polar surface area (TPSA) is 33.0 Å². The normalized spacial score (nSPS) is 9.75. The number of hydrogen-bond acceptors (Lipinski definition) is 2. The van der Waals surface area contributed by atoms with E-state index in [4.69, 9.17) is 10.00 Å². The van der Waals surface area contributed by atoms with Crippen molar-refractivity contribution < 1.29 is 4.74 Å². The third kappa shape index (κ3) is 2.40. The molecule has 0 amide bonds. The number of nitriles is 1. The van der Waals surface area contributed by atoms with Crippen molar-refractivity contribution in [3.63, 3.8) is 0 Å². The van der Waals surface area contributed by atoms with Crippen molar-refractivity contribution in [3.8, 4) is 11.8 Å². The Balaban J connectivity index is 2.17. The molecule has 0 aromatic heterocycles. The van der Waals surface area contributed by atoms with Crippen molar-refractivity contribution in [3.05, 3.63) is 72.3 Å². The Kier molecular flexibility index (Phi) is 3.20. The van der Waals surface area contributed by atoms with Crippen molar-refractivity contribution in [2.45, 2.75) is 0 Å². The van der Waals surface area contributed by atoms with E-state index in [1.165, 1.54) is 0 Å². The van der Waals surface area contributed by atoms with Gasteiger partial charge in [-0.15, -0.1) is 0 Å². The average Bonchev–Trinajstić information content (AvgIpc) is 2.38. The van der Waals surface area contributed by atoms with Gasteiger partial charge in [-0.05, 0) is 12.1 Å². The molecule has 0 aliphatic rings. The van der Waals surface area contributed by atoms with E-state index >= 15 is 0 Å². The van der Waals surface area contributed by atoms with Crippen LogP contribution in [-0.2, 0) is 0 Å². The molecule has 2 aromatic rings. The van der Waals surface area contributed by atoms with E-state index in [9.17, 15) is 0 Å². The van der Waals surface area contributed by atoms with Crippen molar-refractivity contribution in [1.82, 2.24) is 0 Å². The van der Waals surface area contributed by atoms with E-state index in [0.717, 1.165) is 5.56 Å². The molecule has 2 aromatic carbocycles. The smallest absolute Gasteiger partial charge is 0.276 e. The minimum absolute atomic E-state index is 0.312. The Morgan fingerprint density at radius 2 is 1.44 bits per heavy atom. The summed E-state index contributed by atoms with van der Waals surface area (Å²) in [6.45, 7) is 0. The average molecular weight is 208 g/mol. The van der Waals surface area contributed by atoms with Gasteiger partial charge in [0.15, 0.2) is 0 Å². The molecule has 0 atom stereocenters. The van der Waals surface area contributed by atoms with Crippen LogP contribution in [0.4, 0.5) is 0 Å². The third-order valence-corrected chi connectivity index (χ3v) is 2.10. The molecule has 2 heteroatoms. The first-order chi connectivity index (χ1) is 7.90. The largest absolute Gasteiger partial charge is 0.462 e. The van der Waals surface area contributed by atoms with E-state index in [0.29, 0.717) is 11.9 Å². The van der Waals surface area contributed by atoms with E-state index in [-0.39, 0.29) is 0 Å². The molecular weight excluding hydrogens is 198 g/mol. The number of nitrogens with zero attached hydrogens (tertiary/aromatic N) is 1. The van der Waals surface area contributed by atoms with Crippen LogP contribution in [0.1, 0.15) is 5.56 Å². The molecule has 2 rings (SSSR count). The van der Waals surface area contributed by atoms with Gasteiger partial charge in [0.1, 0.15) is 11.8 Å². The van der Waals surface area contributed by atoms with Crippen LogP contribution in [0.25, 0.3) is 0 Å². The van der Waals surface area contributed by atoms with Crippen molar-refractivity contribution in [1.29, 1.82) is 5.26 Å². The summed E-state index contributed by atoms with van der Waals surface area (Å²) in [6, 6.07) is 20.7. The Hall–Kier alpha value is -2.27. The second kappa shape index (κ2) is 4.99. The second-order valence-corrected chi connectivity index (χ2v) is 3.22. The Bertz CT molecular complexity index is 473. The Morgan fingerprint density at radius 1 is 0.875 bits per heavy atom. The lowest BCUT2D eigenvalue weighted by Gasteiger charge is -2.10. The van der Waals surface area contributed by atoms with Gasteiger partial charge in [-0.1, -0.05) is 48.5 Å². The predicted octanol–water partition coefficient (Wildman–Crippen LogP) is 3.17. The molecule has 0 aliphatic heterocycles. The Morgan fingerprint density at radius 3 is 2.00 bits per heavy atom. The summed E-state index contributed by atoms with van der Waals surface area (Å²) in [7, 11) is 0. The second-order valence-electron chi connectivity index (χ2n) is 3.22. The number of hydrogen-bond donors (Lipinski definition) is 0. The monoisotopic (exact) mass is 208 g/mol. The van der Waals surface area contributed by atoms with Gasteiger partial charge in [0.2, 0.25) is 0 Å². The van der Waals surface area contributed by atoms with Gasteiger partial charge in [0, 0.05) is 5.56 Å². The van der Waals surface area contributed by atoms with Gasteiger partial charge >= 0.3 is 0 Å². The molecule has 16 heavy (non-hydrogen) atoms. The summed E-state index contributed by atoms with van der Waals surface area (Å²) >= 11 is 0. The van der Waals surface area contributed by atoms with Crippen LogP contribution in [0.5, 0.6) is 5.75 Å². The fourth-order valence-electron chi connectivity index (χ4n) is 1.34. The molecule has 0 unspecified atom stereocenters. The fourth-order valence-corrected chi connectivity index (χ4v) is 1.34. The Labute approximate surface area is 94.7 Å². The summed E-state index contributed by atoms with van der Waals surface area (Å²) in [5.41, 5.74) is 0.786. The van der Waals surface area contributed by atoms with Gasteiger partial charge in [0.05, 0.1) is 0 Å². The lowest BCUT2D eigenvalue weighted by molar-refractivity contribution is 0.386. The van der Waals surface area contributed by atoms with Crippen LogP contribution < -0.4 is 4.74 Å². The van der Waals surface area contributed by atoms with Crippen molar-refractivity contribution in [2.24, 2.45) is 0 Å². The molecular formula is C14H10NO. The number of ether oxygens (including phenoxy) is 1. The van der Waals surface area contributed by atoms with Crippen molar-refractivity contribution in [2.75, 3.05) is 0 Å². The zero-order valence-corrected chi connectivity index (χ0v) is 8.63. The molecule has 0 spiro atoms. The highest BCUT2D eigenvalue weighted by atomic mass is 16.5.